The molecule has 0 aliphatic carbocycles. The fourth-order valence-corrected chi connectivity index (χ4v) is 4.76. The van der Waals surface area contributed by atoms with Gasteiger partial charge in [0.25, 0.3) is 5.91 Å². The summed E-state index contributed by atoms with van der Waals surface area (Å²) < 4.78 is 0. The molecule has 3 aromatic carbocycles. The van der Waals surface area contributed by atoms with Gasteiger partial charge in [0.15, 0.2) is 0 Å². The van der Waals surface area contributed by atoms with Crippen LogP contribution in [0, 0.1) is 0 Å². The molecule has 0 spiro atoms. The molecule has 3 aromatic rings. The van der Waals surface area contributed by atoms with E-state index >= 15 is 0 Å². The van der Waals surface area contributed by atoms with Gasteiger partial charge in [0, 0.05) is 47.9 Å². The molecule has 0 bridgehead atoms. The van der Waals surface area contributed by atoms with Crippen LogP contribution in [0.4, 0.5) is 22.7 Å². The molecule has 0 saturated carbocycles. The Balaban J connectivity index is 1.16. The van der Waals surface area contributed by atoms with E-state index in [-0.39, 0.29) is 18.4 Å². The van der Waals surface area contributed by atoms with E-state index in [9.17, 15) is 9.59 Å². The first kappa shape index (κ1) is 22.0. The monoisotopic (exact) mass is 454 g/mol. The second kappa shape index (κ2) is 10.00. The van der Waals surface area contributed by atoms with Crippen LogP contribution in [0.3, 0.4) is 0 Å². The Morgan fingerprint density at radius 1 is 0.794 bits per heavy atom. The summed E-state index contributed by atoms with van der Waals surface area (Å²) in [6.45, 7) is 3.01. The summed E-state index contributed by atoms with van der Waals surface area (Å²) >= 11 is 0. The van der Waals surface area contributed by atoms with Gasteiger partial charge in [-0.05, 0) is 79.8 Å². The van der Waals surface area contributed by atoms with Gasteiger partial charge < -0.3 is 20.4 Å². The number of rotatable bonds is 6. The summed E-state index contributed by atoms with van der Waals surface area (Å²) in [5, 5.41) is 6.08. The van der Waals surface area contributed by atoms with E-state index in [0.717, 1.165) is 36.6 Å². The minimum Gasteiger partial charge on any atom is -0.376 e. The summed E-state index contributed by atoms with van der Waals surface area (Å²) in [6, 6.07) is 23.4. The number of benzene rings is 3. The van der Waals surface area contributed by atoms with Gasteiger partial charge in [-0.15, -0.1) is 0 Å². The lowest BCUT2D eigenvalue weighted by atomic mass is 10.1. The maximum absolute atomic E-state index is 13.1. The van der Waals surface area contributed by atoms with Crippen molar-refractivity contribution in [3.8, 4) is 0 Å². The number of fused-ring (bicyclic) bond motifs is 1. The standard InChI is InChI=1S/C28H30N4O2/c33-27(30-23-11-13-25(14-12-23)31-16-4-1-5-17-31)20-29-24-9-6-8-22(19-24)28(34)32-18-15-21-7-2-3-10-26(21)32/h2-3,6-14,19,29H,1,4-5,15-18,20H2,(H,30,33). The summed E-state index contributed by atoms with van der Waals surface area (Å²) in [4.78, 5) is 29.8. The largest absolute Gasteiger partial charge is 0.376 e. The van der Waals surface area contributed by atoms with Crippen molar-refractivity contribution < 1.29 is 9.59 Å². The molecule has 1 saturated heterocycles. The van der Waals surface area contributed by atoms with Crippen LogP contribution >= 0.6 is 0 Å². The van der Waals surface area contributed by atoms with Gasteiger partial charge >= 0.3 is 0 Å². The lowest BCUT2D eigenvalue weighted by Crippen LogP contribution is -2.29. The van der Waals surface area contributed by atoms with E-state index in [1.807, 2.05) is 59.5 Å². The maximum atomic E-state index is 13.1. The Kier molecular flexibility index (Phi) is 6.47. The number of hydrogen-bond donors (Lipinski definition) is 2. The normalized spacial score (nSPS) is 15.1. The third kappa shape index (κ3) is 4.91. The minimum absolute atomic E-state index is 0.0214. The quantitative estimate of drug-likeness (QED) is 0.554. The number of hydrogen-bond acceptors (Lipinski definition) is 4. The second-order valence-electron chi connectivity index (χ2n) is 8.91. The third-order valence-corrected chi connectivity index (χ3v) is 6.57. The first-order valence-electron chi connectivity index (χ1n) is 12.1. The van der Waals surface area contributed by atoms with Gasteiger partial charge in [-0.1, -0.05) is 24.3 Å². The number of carbonyl (C=O) groups is 2. The van der Waals surface area contributed by atoms with Gasteiger partial charge in [-0.25, -0.2) is 0 Å². The van der Waals surface area contributed by atoms with Gasteiger partial charge in [-0.3, -0.25) is 9.59 Å². The van der Waals surface area contributed by atoms with Crippen LogP contribution in [0.25, 0.3) is 0 Å². The third-order valence-electron chi connectivity index (χ3n) is 6.57. The van der Waals surface area contributed by atoms with Crippen LogP contribution in [0.1, 0.15) is 35.2 Å². The van der Waals surface area contributed by atoms with Crippen molar-refractivity contribution in [2.24, 2.45) is 0 Å². The number of nitrogens with zero attached hydrogens (tertiary/aromatic N) is 2. The Morgan fingerprint density at radius 3 is 2.41 bits per heavy atom. The highest BCUT2D eigenvalue weighted by atomic mass is 16.2. The molecule has 0 atom stereocenters. The van der Waals surface area contributed by atoms with Crippen LogP contribution in [0.15, 0.2) is 72.8 Å². The summed E-state index contributed by atoms with van der Waals surface area (Å²) in [5.41, 5.74) is 5.52. The van der Waals surface area contributed by atoms with Crippen LogP contribution in [0.5, 0.6) is 0 Å². The summed E-state index contributed by atoms with van der Waals surface area (Å²) in [7, 11) is 0. The zero-order chi connectivity index (χ0) is 23.3. The van der Waals surface area contributed by atoms with Crippen molar-refractivity contribution >= 4 is 34.6 Å². The molecule has 5 rings (SSSR count). The first-order chi connectivity index (χ1) is 16.7. The molecule has 2 aliphatic heterocycles. The molecule has 2 heterocycles. The molecule has 2 N–H and O–H groups in total. The molecule has 0 unspecified atom stereocenters. The first-order valence-corrected chi connectivity index (χ1v) is 12.1. The molecule has 0 aromatic heterocycles. The maximum Gasteiger partial charge on any atom is 0.258 e. The average Bonchev–Trinajstić information content (AvgIpc) is 3.32. The molecular weight excluding hydrogens is 424 g/mol. The van der Waals surface area contributed by atoms with E-state index in [2.05, 4.69) is 33.7 Å². The molecule has 2 aliphatic rings. The van der Waals surface area contributed by atoms with Crippen molar-refractivity contribution in [1.29, 1.82) is 0 Å². The van der Waals surface area contributed by atoms with E-state index < -0.39 is 0 Å². The van der Waals surface area contributed by atoms with Crippen LogP contribution < -0.4 is 20.4 Å². The number of anilines is 4. The molecule has 6 heteroatoms. The van der Waals surface area contributed by atoms with E-state index in [1.165, 1.54) is 30.5 Å². The Hall–Kier alpha value is -3.80. The van der Waals surface area contributed by atoms with Crippen LogP contribution in [0.2, 0.25) is 0 Å². The van der Waals surface area contributed by atoms with Gasteiger partial charge in [0.1, 0.15) is 0 Å². The van der Waals surface area contributed by atoms with E-state index in [4.69, 9.17) is 0 Å². The highest BCUT2D eigenvalue weighted by Crippen LogP contribution is 2.29. The molecular formula is C28H30N4O2. The SMILES string of the molecule is O=C(CNc1cccc(C(=O)N2CCc3ccccc32)c1)Nc1ccc(N2CCCCC2)cc1. The highest BCUT2D eigenvalue weighted by molar-refractivity contribution is 6.07. The molecule has 0 radical (unpaired) electrons. The Labute approximate surface area is 200 Å². The van der Waals surface area contributed by atoms with Crippen LogP contribution in [-0.2, 0) is 11.2 Å². The predicted octanol–water partition coefficient (Wildman–Crippen LogP) is 4.93. The molecule has 174 valence electrons. The minimum atomic E-state index is -0.129. The zero-order valence-electron chi connectivity index (χ0n) is 19.3. The van der Waals surface area contributed by atoms with Crippen molar-refractivity contribution in [3.63, 3.8) is 0 Å². The van der Waals surface area contributed by atoms with Crippen molar-refractivity contribution in [1.82, 2.24) is 0 Å². The van der Waals surface area contributed by atoms with E-state index in [0.29, 0.717) is 12.1 Å². The van der Waals surface area contributed by atoms with Gasteiger partial charge in [0.05, 0.1) is 6.54 Å². The second-order valence-corrected chi connectivity index (χ2v) is 8.91. The number of piperidine rings is 1. The van der Waals surface area contributed by atoms with Gasteiger partial charge in [-0.2, -0.15) is 0 Å². The molecule has 1 fully saturated rings. The Morgan fingerprint density at radius 2 is 1.59 bits per heavy atom. The fourth-order valence-electron chi connectivity index (χ4n) is 4.76. The fraction of sp³-hybridized carbons (Fsp3) is 0.286. The molecule has 6 nitrogen and oxygen atoms in total. The molecule has 34 heavy (non-hydrogen) atoms. The predicted molar refractivity (Wildman–Crippen MR) is 138 cm³/mol. The lowest BCUT2D eigenvalue weighted by Gasteiger charge is -2.28. The van der Waals surface area contributed by atoms with Crippen molar-refractivity contribution in [2.45, 2.75) is 25.7 Å². The summed E-state index contributed by atoms with van der Waals surface area (Å²) in [6.07, 6.45) is 4.66. The zero-order valence-corrected chi connectivity index (χ0v) is 19.3. The average molecular weight is 455 g/mol. The number of amides is 2. The Bertz CT molecular complexity index is 1170. The van der Waals surface area contributed by atoms with E-state index in [1.54, 1.807) is 0 Å². The molecule has 2 amide bonds. The van der Waals surface area contributed by atoms with Crippen LogP contribution in [-0.4, -0.2) is 38.0 Å². The number of para-hydroxylation sites is 1. The van der Waals surface area contributed by atoms with Crippen molar-refractivity contribution in [2.75, 3.05) is 46.6 Å². The summed E-state index contributed by atoms with van der Waals surface area (Å²) in [5.74, 6) is -0.150. The van der Waals surface area contributed by atoms with Crippen molar-refractivity contribution in [3.05, 3.63) is 83.9 Å². The highest BCUT2D eigenvalue weighted by Gasteiger charge is 2.25. The topological polar surface area (TPSA) is 64.7 Å². The number of nitrogens with one attached hydrogen (secondary N) is 2. The lowest BCUT2D eigenvalue weighted by molar-refractivity contribution is -0.114. The smallest absolute Gasteiger partial charge is 0.258 e. The number of carbonyl (C=O) groups excluding carboxylic acids is 2. The van der Waals surface area contributed by atoms with Gasteiger partial charge in [0.2, 0.25) is 5.91 Å².